The van der Waals surface area contributed by atoms with Crippen molar-refractivity contribution in [2.45, 2.75) is 70.2 Å². The zero-order chi connectivity index (χ0) is 29.5. The lowest BCUT2D eigenvalue weighted by Crippen LogP contribution is -2.46. The summed E-state index contributed by atoms with van der Waals surface area (Å²) >= 11 is 12.4. The maximum atomic E-state index is 14.5. The molecular formula is C27H30Cl2F3N3O5. The second kappa shape index (κ2) is 11.3. The van der Waals surface area contributed by atoms with Crippen LogP contribution in [-0.4, -0.2) is 62.7 Å². The molecule has 1 atom stereocenters. The molecule has 1 saturated carbocycles. The van der Waals surface area contributed by atoms with Gasteiger partial charge in [-0.1, -0.05) is 29.3 Å². The summed E-state index contributed by atoms with van der Waals surface area (Å²) in [7, 11) is 0. The van der Waals surface area contributed by atoms with E-state index in [9.17, 15) is 32.7 Å². The summed E-state index contributed by atoms with van der Waals surface area (Å²) in [5, 5.41) is 13.6. The number of carboxylic acids is 1. The monoisotopic (exact) mass is 603 g/mol. The van der Waals surface area contributed by atoms with E-state index >= 15 is 0 Å². The molecule has 4 rings (SSSR count). The number of rotatable bonds is 8. The van der Waals surface area contributed by atoms with Gasteiger partial charge in [0.1, 0.15) is 0 Å². The van der Waals surface area contributed by atoms with Crippen molar-refractivity contribution in [2.24, 2.45) is 5.41 Å². The average Bonchev–Trinajstić information content (AvgIpc) is 3.50. The smallest absolute Gasteiger partial charge is 0.433 e. The maximum Gasteiger partial charge on any atom is 0.433 e. The SMILES string of the molecule is CC1(C(=O)O)CCC(n2ncc(C(=O)N(CC(=O)c3c(Cl)cccc3Cl)C[C@]3(C)CCCO3)c2C(F)(F)F)CC1. The van der Waals surface area contributed by atoms with Gasteiger partial charge in [-0.05, 0) is 64.5 Å². The van der Waals surface area contributed by atoms with Crippen molar-refractivity contribution in [1.82, 2.24) is 14.7 Å². The molecule has 1 amide bonds. The standard InChI is InChI=1S/C27H30Cl2F3N3O5/c1-25(24(38)39)10-7-16(8-11-25)35-22(27(30,31)32)17(13-33-35)23(37)34(15-26(2)9-4-12-40-26)14-20(36)21-18(28)5-3-6-19(21)29/h3,5-6,13,16H,4,7-12,14-15H2,1-2H3,(H,38,39)/t16?,25?,26-/m0/s1. The quantitative estimate of drug-likeness (QED) is 0.355. The summed E-state index contributed by atoms with van der Waals surface area (Å²) in [5.74, 6) is -2.66. The molecule has 13 heteroatoms. The Bertz CT molecular complexity index is 1280. The summed E-state index contributed by atoms with van der Waals surface area (Å²) in [6.07, 6.45) is -2.18. The van der Waals surface area contributed by atoms with E-state index in [-0.39, 0.29) is 47.8 Å². The summed E-state index contributed by atoms with van der Waals surface area (Å²) < 4.78 is 50.0. The maximum absolute atomic E-state index is 14.5. The van der Waals surface area contributed by atoms with Gasteiger partial charge in [-0.25, -0.2) is 0 Å². The normalized spacial score (nSPS) is 25.1. The minimum Gasteiger partial charge on any atom is -0.481 e. The number of ketones is 1. The first-order valence-corrected chi connectivity index (χ1v) is 13.7. The number of nitrogens with zero attached hydrogens (tertiary/aromatic N) is 3. The Morgan fingerprint density at radius 1 is 1.15 bits per heavy atom. The van der Waals surface area contributed by atoms with E-state index in [4.69, 9.17) is 27.9 Å². The molecule has 0 unspecified atom stereocenters. The number of carbonyl (C=O) groups is 3. The molecule has 2 aromatic rings. The van der Waals surface area contributed by atoms with Gasteiger partial charge in [-0.3, -0.25) is 19.1 Å². The zero-order valence-corrected chi connectivity index (χ0v) is 23.6. The molecular weight excluding hydrogens is 574 g/mol. The number of ether oxygens (including phenoxy) is 1. The number of hydrogen-bond acceptors (Lipinski definition) is 5. The predicted octanol–water partition coefficient (Wildman–Crippen LogP) is 6.31. The van der Waals surface area contributed by atoms with Crippen LogP contribution in [0.15, 0.2) is 24.4 Å². The predicted molar refractivity (Wildman–Crippen MR) is 141 cm³/mol. The number of amides is 1. The first-order valence-electron chi connectivity index (χ1n) is 12.9. The van der Waals surface area contributed by atoms with Crippen molar-refractivity contribution in [3.8, 4) is 0 Å². The lowest BCUT2D eigenvalue weighted by Gasteiger charge is -2.35. The number of halogens is 5. The molecule has 0 radical (unpaired) electrons. The van der Waals surface area contributed by atoms with Crippen molar-refractivity contribution in [3.05, 3.63) is 51.3 Å². The van der Waals surface area contributed by atoms with Crippen LogP contribution in [0.3, 0.4) is 0 Å². The van der Waals surface area contributed by atoms with Crippen molar-refractivity contribution < 1.29 is 37.4 Å². The van der Waals surface area contributed by atoms with Gasteiger partial charge in [-0.2, -0.15) is 18.3 Å². The van der Waals surface area contributed by atoms with Gasteiger partial charge in [0.2, 0.25) is 0 Å². The molecule has 2 heterocycles. The van der Waals surface area contributed by atoms with Crippen LogP contribution < -0.4 is 0 Å². The van der Waals surface area contributed by atoms with Gasteiger partial charge < -0.3 is 14.7 Å². The Hall–Kier alpha value is -2.63. The van der Waals surface area contributed by atoms with Gasteiger partial charge in [-0.15, -0.1) is 0 Å². The van der Waals surface area contributed by atoms with Gasteiger partial charge in [0.25, 0.3) is 5.91 Å². The molecule has 1 N–H and O–H groups in total. The summed E-state index contributed by atoms with van der Waals surface area (Å²) in [5.41, 5.74) is -3.85. The van der Waals surface area contributed by atoms with Crippen molar-refractivity contribution in [3.63, 3.8) is 0 Å². The number of carboxylic acid groups (broad SMARTS) is 1. The van der Waals surface area contributed by atoms with Crippen LogP contribution in [-0.2, 0) is 15.7 Å². The molecule has 0 spiro atoms. The van der Waals surface area contributed by atoms with Crippen LogP contribution in [0, 0.1) is 5.41 Å². The zero-order valence-electron chi connectivity index (χ0n) is 22.1. The number of alkyl halides is 3. The van der Waals surface area contributed by atoms with Crippen molar-refractivity contribution >= 4 is 40.9 Å². The topological polar surface area (TPSA) is 102 Å². The van der Waals surface area contributed by atoms with Crippen LogP contribution in [0.4, 0.5) is 13.2 Å². The van der Waals surface area contributed by atoms with Crippen LogP contribution in [0.5, 0.6) is 0 Å². The first kappa shape index (κ1) is 30.3. The van der Waals surface area contributed by atoms with Gasteiger partial charge in [0, 0.05) is 6.61 Å². The van der Waals surface area contributed by atoms with Crippen LogP contribution in [0.1, 0.15) is 84.8 Å². The Balaban J connectivity index is 1.69. The minimum absolute atomic E-state index is 0.0310. The molecule has 1 aromatic heterocycles. The van der Waals surface area contributed by atoms with Crippen LogP contribution in [0.2, 0.25) is 10.0 Å². The fraction of sp³-hybridized carbons (Fsp3) is 0.556. The Kier molecular flexibility index (Phi) is 8.59. The van der Waals surface area contributed by atoms with E-state index in [1.807, 2.05) is 0 Å². The molecule has 1 aliphatic heterocycles. The number of Topliss-reactive ketones (excluding diaryl/α,β-unsaturated/α-hetero) is 1. The third-order valence-electron chi connectivity index (χ3n) is 7.90. The first-order chi connectivity index (χ1) is 18.7. The summed E-state index contributed by atoms with van der Waals surface area (Å²) in [6.45, 7) is 3.01. The molecule has 1 aliphatic carbocycles. The Labute approximate surface area is 239 Å². The number of hydrogen-bond donors (Lipinski definition) is 1. The molecule has 1 saturated heterocycles. The Morgan fingerprint density at radius 3 is 2.30 bits per heavy atom. The fourth-order valence-corrected chi connectivity index (χ4v) is 6.14. The second-order valence-electron chi connectivity index (χ2n) is 11.0. The van der Waals surface area contributed by atoms with Gasteiger partial charge in [0.15, 0.2) is 11.5 Å². The molecule has 40 heavy (non-hydrogen) atoms. The van der Waals surface area contributed by atoms with E-state index in [0.29, 0.717) is 19.4 Å². The molecule has 8 nitrogen and oxygen atoms in total. The summed E-state index contributed by atoms with van der Waals surface area (Å²) in [4.78, 5) is 39.7. The molecule has 2 fully saturated rings. The number of aromatic nitrogens is 2. The van der Waals surface area contributed by atoms with E-state index in [1.165, 1.54) is 12.1 Å². The van der Waals surface area contributed by atoms with E-state index in [0.717, 1.165) is 15.8 Å². The van der Waals surface area contributed by atoms with Gasteiger partial charge >= 0.3 is 12.1 Å². The Morgan fingerprint density at radius 2 is 1.77 bits per heavy atom. The number of aliphatic carboxylic acids is 1. The van der Waals surface area contributed by atoms with Crippen LogP contribution >= 0.6 is 23.2 Å². The fourth-order valence-electron chi connectivity index (χ4n) is 5.53. The highest BCUT2D eigenvalue weighted by molar-refractivity contribution is 6.40. The van der Waals surface area contributed by atoms with Crippen molar-refractivity contribution in [1.29, 1.82) is 0 Å². The van der Waals surface area contributed by atoms with E-state index in [2.05, 4.69) is 5.10 Å². The number of benzene rings is 1. The molecule has 0 bridgehead atoms. The average molecular weight is 604 g/mol. The largest absolute Gasteiger partial charge is 0.481 e. The van der Waals surface area contributed by atoms with E-state index < -0.39 is 58.7 Å². The highest BCUT2D eigenvalue weighted by Gasteiger charge is 2.46. The molecule has 1 aromatic carbocycles. The lowest BCUT2D eigenvalue weighted by molar-refractivity contribution is -0.152. The molecule has 2 aliphatic rings. The summed E-state index contributed by atoms with van der Waals surface area (Å²) in [6, 6.07) is 3.73. The highest BCUT2D eigenvalue weighted by atomic mass is 35.5. The van der Waals surface area contributed by atoms with E-state index in [1.54, 1.807) is 19.9 Å². The highest BCUT2D eigenvalue weighted by Crippen LogP contribution is 2.43. The minimum atomic E-state index is -4.94. The third kappa shape index (κ3) is 6.16. The lowest BCUT2D eigenvalue weighted by atomic mass is 9.74. The second-order valence-corrected chi connectivity index (χ2v) is 11.8. The number of carbonyl (C=O) groups excluding carboxylic acids is 2. The van der Waals surface area contributed by atoms with Crippen LogP contribution in [0.25, 0.3) is 0 Å². The van der Waals surface area contributed by atoms with Crippen molar-refractivity contribution in [2.75, 3.05) is 19.7 Å². The third-order valence-corrected chi connectivity index (χ3v) is 8.53. The molecule has 218 valence electrons. The van der Waals surface area contributed by atoms with Gasteiger partial charge in [0.05, 0.1) is 57.5 Å².